The van der Waals surface area contributed by atoms with Gasteiger partial charge in [-0.1, -0.05) is 38.1 Å². The number of benzene rings is 1. The molecule has 0 fully saturated rings. The van der Waals surface area contributed by atoms with Crippen molar-refractivity contribution in [1.29, 1.82) is 0 Å². The zero-order valence-corrected chi connectivity index (χ0v) is 12.5. The van der Waals surface area contributed by atoms with E-state index in [2.05, 4.69) is 9.97 Å². The maximum atomic E-state index is 12.3. The zero-order valence-electron chi connectivity index (χ0n) is 12.5. The maximum absolute atomic E-state index is 12.3. The van der Waals surface area contributed by atoms with Crippen molar-refractivity contribution in [1.82, 2.24) is 14.5 Å². The van der Waals surface area contributed by atoms with E-state index in [1.165, 1.54) is 10.8 Å². The van der Waals surface area contributed by atoms with E-state index in [4.69, 9.17) is 0 Å². The molecule has 2 aromatic heterocycles. The molecular formula is C17H17N3O2. The van der Waals surface area contributed by atoms with Crippen molar-refractivity contribution in [2.45, 2.75) is 26.2 Å². The molecule has 112 valence electrons. The van der Waals surface area contributed by atoms with Gasteiger partial charge >= 0.3 is 0 Å². The number of hydrogen-bond donors (Lipinski definition) is 1. The monoisotopic (exact) mass is 295 g/mol. The van der Waals surface area contributed by atoms with E-state index in [0.29, 0.717) is 11.4 Å². The van der Waals surface area contributed by atoms with Crippen LogP contribution in [0.2, 0.25) is 0 Å². The Morgan fingerprint density at radius 2 is 1.86 bits per heavy atom. The lowest BCUT2D eigenvalue weighted by Crippen LogP contribution is -2.21. The van der Waals surface area contributed by atoms with E-state index < -0.39 is 0 Å². The van der Waals surface area contributed by atoms with E-state index in [0.717, 1.165) is 10.8 Å². The first kappa shape index (κ1) is 14.3. The van der Waals surface area contributed by atoms with Crippen molar-refractivity contribution in [3.8, 4) is 0 Å². The molecule has 1 N–H and O–H groups in total. The normalized spacial score (nSPS) is 11.2. The molecule has 0 saturated heterocycles. The molecule has 0 aliphatic heterocycles. The highest BCUT2D eigenvalue weighted by molar-refractivity contribution is 5.90. The second kappa shape index (κ2) is 5.60. The molecule has 0 spiro atoms. The summed E-state index contributed by atoms with van der Waals surface area (Å²) in [5, 5.41) is 2.00. The quantitative estimate of drug-likeness (QED) is 0.808. The SMILES string of the molecule is CC(C)c1ncc(CC(=O)n2cc3ccccc3c2)c(=O)[nH]1. The minimum absolute atomic E-state index is 0.0295. The van der Waals surface area contributed by atoms with Gasteiger partial charge in [-0.25, -0.2) is 4.98 Å². The highest BCUT2D eigenvalue weighted by atomic mass is 16.2. The molecule has 22 heavy (non-hydrogen) atoms. The lowest BCUT2D eigenvalue weighted by atomic mass is 10.2. The number of carbonyl (C=O) groups excluding carboxylic acids is 1. The standard InChI is InChI=1S/C17H17N3O2/c1-11(2)16-18-8-14(17(22)19-16)7-15(21)20-9-12-5-3-4-6-13(12)10-20/h3-6,8-11H,7H2,1-2H3,(H,18,19,22). The molecule has 0 saturated carbocycles. The van der Waals surface area contributed by atoms with E-state index >= 15 is 0 Å². The molecule has 0 unspecified atom stereocenters. The summed E-state index contributed by atoms with van der Waals surface area (Å²) in [4.78, 5) is 31.3. The molecule has 5 heteroatoms. The highest BCUT2D eigenvalue weighted by Crippen LogP contribution is 2.15. The Hall–Kier alpha value is -2.69. The van der Waals surface area contributed by atoms with Crippen LogP contribution in [-0.2, 0) is 6.42 Å². The highest BCUT2D eigenvalue weighted by Gasteiger charge is 2.12. The summed E-state index contributed by atoms with van der Waals surface area (Å²) in [5.41, 5.74) is 0.135. The molecule has 2 heterocycles. The van der Waals surface area contributed by atoms with E-state index in [1.807, 2.05) is 38.1 Å². The third-order valence-electron chi connectivity index (χ3n) is 3.62. The van der Waals surface area contributed by atoms with Crippen molar-refractivity contribution in [2.75, 3.05) is 0 Å². The van der Waals surface area contributed by atoms with Crippen molar-refractivity contribution in [3.05, 3.63) is 64.6 Å². The van der Waals surface area contributed by atoms with Gasteiger partial charge in [-0.3, -0.25) is 14.2 Å². The zero-order chi connectivity index (χ0) is 15.7. The van der Waals surface area contributed by atoms with Crippen LogP contribution in [0.25, 0.3) is 10.8 Å². The second-order valence-corrected chi connectivity index (χ2v) is 5.64. The van der Waals surface area contributed by atoms with Gasteiger partial charge in [0.2, 0.25) is 5.91 Å². The molecule has 3 rings (SSSR count). The number of H-pyrrole nitrogens is 1. The average molecular weight is 295 g/mol. The van der Waals surface area contributed by atoms with Gasteiger partial charge in [0.25, 0.3) is 5.56 Å². The summed E-state index contributed by atoms with van der Waals surface area (Å²) in [7, 11) is 0. The Morgan fingerprint density at radius 3 is 2.41 bits per heavy atom. The van der Waals surface area contributed by atoms with E-state index in [1.54, 1.807) is 12.4 Å². The smallest absolute Gasteiger partial charge is 0.254 e. The van der Waals surface area contributed by atoms with E-state index in [9.17, 15) is 9.59 Å². The van der Waals surface area contributed by atoms with Crippen LogP contribution in [0, 0.1) is 0 Å². The largest absolute Gasteiger partial charge is 0.310 e. The lowest BCUT2D eigenvalue weighted by Gasteiger charge is -2.05. The minimum Gasteiger partial charge on any atom is -0.310 e. The van der Waals surface area contributed by atoms with Crippen LogP contribution in [0.3, 0.4) is 0 Å². The molecule has 0 bridgehead atoms. The predicted octanol–water partition coefficient (Wildman–Crippen LogP) is 2.73. The average Bonchev–Trinajstić information content (AvgIpc) is 2.93. The number of fused-ring (bicyclic) bond motifs is 1. The van der Waals surface area contributed by atoms with Crippen molar-refractivity contribution >= 4 is 16.7 Å². The Morgan fingerprint density at radius 1 is 1.23 bits per heavy atom. The van der Waals surface area contributed by atoms with Crippen LogP contribution in [0.5, 0.6) is 0 Å². The fraction of sp³-hybridized carbons (Fsp3) is 0.235. The summed E-state index contributed by atoms with van der Waals surface area (Å²) in [5.74, 6) is 0.626. The summed E-state index contributed by atoms with van der Waals surface area (Å²) in [6, 6.07) is 7.75. The fourth-order valence-electron chi connectivity index (χ4n) is 2.34. The summed E-state index contributed by atoms with van der Waals surface area (Å²) < 4.78 is 1.53. The van der Waals surface area contributed by atoms with Gasteiger partial charge in [-0.05, 0) is 10.8 Å². The topological polar surface area (TPSA) is 67.8 Å². The first-order valence-corrected chi connectivity index (χ1v) is 7.22. The van der Waals surface area contributed by atoms with Crippen LogP contribution in [0.4, 0.5) is 0 Å². The maximum Gasteiger partial charge on any atom is 0.254 e. The number of rotatable bonds is 3. The minimum atomic E-state index is -0.247. The molecular weight excluding hydrogens is 278 g/mol. The lowest BCUT2D eigenvalue weighted by molar-refractivity contribution is 0.0914. The van der Waals surface area contributed by atoms with Crippen LogP contribution < -0.4 is 5.56 Å². The first-order chi connectivity index (χ1) is 10.5. The Balaban J connectivity index is 1.86. The third kappa shape index (κ3) is 2.70. The molecule has 0 aliphatic carbocycles. The molecule has 0 amide bonds. The Kier molecular flexibility index (Phi) is 3.63. The van der Waals surface area contributed by atoms with Gasteiger partial charge in [0.1, 0.15) is 5.82 Å². The molecule has 1 aromatic carbocycles. The van der Waals surface area contributed by atoms with Crippen LogP contribution >= 0.6 is 0 Å². The molecule has 5 nitrogen and oxygen atoms in total. The molecule has 3 aromatic rings. The number of carbonyl (C=O) groups is 1. The van der Waals surface area contributed by atoms with Crippen molar-refractivity contribution in [3.63, 3.8) is 0 Å². The van der Waals surface area contributed by atoms with Gasteiger partial charge < -0.3 is 4.98 Å². The van der Waals surface area contributed by atoms with Crippen molar-refractivity contribution in [2.24, 2.45) is 0 Å². The van der Waals surface area contributed by atoms with Crippen LogP contribution in [-0.4, -0.2) is 20.4 Å². The second-order valence-electron chi connectivity index (χ2n) is 5.64. The number of nitrogens with one attached hydrogen (secondary N) is 1. The number of aromatic nitrogens is 3. The summed E-state index contributed by atoms with van der Waals surface area (Å²) >= 11 is 0. The summed E-state index contributed by atoms with van der Waals surface area (Å²) in [6.45, 7) is 3.91. The van der Waals surface area contributed by atoms with Crippen LogP contribution in [0.1, 0.15) is 35.9 Å². The molecule has 0 atom stereocenters. The van der Waals surface area contributed by atoms with Gasteiger partial charge in [0, 0.05) is 30.1 Å². The Bertz CT molecular complexity index is 857. The van der Waals surface area contributed by atoms with E-state index in [-0.39, 0.29) is 23.8 Å². The van der Waals surface area contributed by atoms with Gasteiger partial charge in [-0.15, -0.1) is 0 Å². The molecule has 0 aliphatic rings. The Labute approximate surface area is 127 Å². The summed E-state index contributed by atoms with van der Waals surface area (Å²) in [6.07, 6.45) is 5.08. The van der Waals surface area contributed by atoms with Gasteiger partial charge in [-0.2, -0.15) is 0 Å². The van der Waals surface area contributed by atoms with Gasteiger partial charge in [0.05, 0.1) is 6.42 Å². The number of hydrogen-bond acceptors (Lipinski definition) is 3. The van der Waals surface area contributed by atoms with Crippen LogP contribution in [0.15, 0.2) is 47.7 Å². The number of aromatic amines is 1. The predicted molar refractivity (Wildman–Crippen MR) is 85.2 cm³/mol. The number of nitrogens with zero attached hydrogens (tertiary/aromatic N) is 2. The first-order valence-electron chi connectivity index (χ1n) is 7.22. The van der Waals surface area contributed by atoms with Gasteiger partial charge in [0.15, 0.2) is 0 Å². The third-order valence-corrected chi connectivity index (χ3v) is 3.62. The fourth-order valence-corrected chi connectivity index (χ4v) is 2.34. The molecule has 0 radical (unpaired) electrons. The van der Waals surface area contributed by atoms with Crippen molar-refractivity contribution < 1.29 is 4.79 Å².